The van der Waals surface area contributed by atoms with Crippen LogP contribution < -0.4 is 0 Å². The van der Waals surface area contributed by atoms with Crippen LogP contribution in [0.2, 0.25) is 0 Å². The molecular weight excluding hydrogens is 389 g/mol. The third-order valence-corrected chi connectivity index (χ3v) is 5.66. The quantitative estimate of drug-likeness (QED) is 0.687. The Bertz CT molecular complexity index is 883. The lowest BCUT2D eigenvalue weighted by atomic mass is 9.84. The van der Waals surface area contributed by atoms with Gasteiger partial charge in [0.15, 0.2) is 0 Å². The van der Waals surface area contributed by atoms with Gasteiger partial charge in [0.05, 0.1) is 18.7 Å². The van der Waals surface area contributed by atoms with Crippen molar-refractivity contribution in [2.75, 3.05) is 20.3 Å². The monoisotopic (exact) mass is 415 g/mol. The summed E-state index contributed by atoms with van der Waals surface area (Å²) in [6, 6.07) is 12.6. The van der Waals surface area contributed by atoms with E-state index in [1.165, 1.54) is 19.2 Å². The number of carbonyl (C=O) groups excluding carboxylic acids is 2. The highest BCUT2D eigenvalue weighted by Crippen LogP contribution is 2.40. The number of cyclic esters (lactones) is 1. The van der Waals surface area contributed by atoms with Gasteiger partial charge in [0.2, 0.25) is 0 Å². The Morgan fingerprint density at radius 3 is 2.47 bits per heavy atom. The van der Waals surface area contributed by atoms with Crippen molar-refractivity contribution in [3.05, 3.63) is 71.0 Å². The van der Waals surface area contributed by atoms with Crippen molar-refractivity contribution in [2.24, 2.45) is 0 Å². The number of methoxy groups -OCH3 is 1. The maximum absolute atomic E-state index is 13.4. The molecule has 1 amide bonds. The Labute approximate surface area is 175 Å². The second-order valence-electron chi connectivity index (χ2n) is 7.43. The molecule has 6 nitrogen and oxygen atoms in total. The minimum absolute atomic E-state index is 0.0207. The number of esters is 1. The summed E-state index contributed by atoms with van der Waals surface area (Å²) in [5.74, 6) is -0.775. The van der Waals surface area contributed by atoms with Crippen LogP contribution in [0.15, 0.2) is 48.5 Å². The first kappa shape index (κ1) is 21.8. The zero-order valence-corrected chi connectivity index (χ0v) is 17.1. The number of rotatable bonds is 7. The van der Waals surface area contributed by atoms with E-state index in [1.54, 1.807) is 41.3 Å². The molecule has 1 saturated heterocycles. The van der Waals surface area contributed by atoms with Crippen molar-refractivity contribution >= 4 is 12.1 Å². The molecule has 0 radical (unpaired) electrons. The Hall–Kier alpha value is -2.93. The van der Waals surface area contributed by atoms with Crippen LogP contribution in [0, 0.1) is 5.82 Å². The predicted octanol–water partition coefficient (Wildman–Crippen LogP) is 4.18. The predicted molar refractivity (Wildman–Crippen MR) is 108 cm³/mol. The second kappa shape index (κ2) is 9.26. The van der Waals surface area contributed by atoms with Crippen LogP contribution in [-0.2, 0) is 15.1 Å². The van der Waals surface area contributed by atoms with E-state index in [0.717, 1.165) is 11.1 Å². The van der Waals surface area contributed by atoms with Crippen molar-refractivity contribution in [3.8, 4) is 0 Å². The second-order valence-corrected chi connectivity index (χ2v) is 7.43. The third kappa shape index (κ3) is 4.46. The van der Waals surface area contributed by atoms with E-state index >= 15 is 0 Å². The van der Waals surface area contributed by atoms with Gasteiger partial charge in [0.1, 0.15) is 11.4 Å². The SMILES string of the molecule is COC(=O)c1ccc([C@H](C)N2CC[C@](CCCO)(c3ccc(F)cc3)OC2=O)cc1. The van der Waals surface area contributed by atoms with Crippen LogP contribution >= 0.6 is 0 Å². The van der Waals surface area contributed by atoms with Crippen LogP contribution in [0.5, 0.6) is 0 Å². The maximum Gasteiger partial charge on any atom is 0.411 e. The van der Waals surface area contributed by atoms with Crippen LogP contribution in [0.25, 0.3) is 0 Å². The molecule has 30 heavy (non-hydrogen) atoms. The highest BCUT2D eigenvalue weighted by atomic mass is 19.1. The lowest BCUT2D eigenvalue weighted by molar-refractivity contribution is -0.0680. The molecule has 0 saturated carbocycles. The van der Waals surface area contributed by atoms with Gasteiger partial charge in [-0.25, -0.2) is 14.0 Å². The molecule has 1 aliphatic heterocycles. The highest BCUT2D eigenvalue weighted by Gasteiger charge is 2.43. The molecule has 0 unspecified atom stereocenters. The van der Waals surface area contributed by atoms with E-state index in [9.17, 15) is 19.1 Å². The number of hydrogen-bond donors (Lipinski definition) is 1. The average Bonchev–Trinajstić information content (AvgIpc) is 2.77. The molecule has 0 aliphatic carbocycles. The van der Waals surface area contributed by atoms with Crippen LogP contribution in [-0.4, -0.2) is 42.3 Å². The smallest absolute Gasteiger partial charge is 0.411 e. The van der Waals surface area contributed by atoms with E-state index in [4.69, 9.17) is 9.47 Å². The van der Waals surface area contributed by atoms with Crippen LogP contribution in [0.3, 0.4) is 0 Å². The third-order valence-electron chi connectivity index (χ3n) is 5.66. The van der Waals surface area contributed by atoms with Gasteiger partial charge in [-0.2, -0.15) is 0 Å². The summed E-state index contributed by atoms with van der Waals surface area (Å²) in [6.45, 7) is 2.32. The lowest BCUT2D eigenvalue weighted by Crippen LogP contribution is -2.48. The number of halogens is 1. The number of amides is 1. The molecule has 0 aromatic heterocycles. The van der Waals surface area contributed by atoms with E-state index in [-0.39, 0.29) is 18.5 Å². The van der Waals surface area contributed by atoms with E-state index in [0.29, 0.717) is 31.4 Å². The van der Waals surface area contributed by atoms with Gasteiger partial charge in [-0.15, -0.1) is 0 Å². The van der Waals surface area contributed by atoms with Gasteiger partial charge in [0, 0.05) is 19.6 Å². The van der Waals surface area contributed by atoms with Crippen molar-refractivity contribution < 1.29 is 28.6 Å². The summed E-state index contributed by atoms with van der Waals surface area (Å²) >= 11 is 0. The molecule has 1 fully saturated rings. The Kier molecular flexibility index (Phi) is 6.72. The van der Waals surface area contributed by atoms with Crippen molar-refractivity contribution in [3.63, 3.8) is 0 Å². The van der Waals surface area contributed by atoms with Gasteiger partial charge in [-0.05, 0) is 55.2 Å². The largest absolute Gasteiger partial charge is 0.465 e. The zero-order chi connectivity index (χ0) is 21.7. The molecule has 1 aliphatic rings. The normalized spacial score (nSPS) is 19.9. The summed E-state index contributed by atoms with van der Waals surface area (Å²) in [5.41, 5.74) is 1.14. The number of ether oxygens (including phenoxy) is 2. The van der Waals surface area contributed by atoms with Crippen LogP contribution in [0.1, 0.15) is 53.7 Å². The van der Waals surface area contributed by atoms with Gasteiger partial charge in [-0.3, -0.25) is 0 Å². The number of aliphatic hydroxyl groups excluding tert-OH is 1. The topological polar surface area (TPSA) is 76.1 Å². The molecular formula is C23H26FNO5. The highest BCUT2D eigenvalue weighted by molar-refractivity contribution is 5.89. The van der Waals surface area contributed by atoms with Gasteiger partial charge < -0.3 is 19.5 Å². The van der Waals surface area contributed by atoms with Crippen LogP contribution in [0.4, 0.5) is 9.18 Å². The molecule has 1 N–H and O–H groups in total. The molecule has 2 aromatic rings. The number of benzene rings is 2. The maximum atomic E-state index is 13.4. The van der Waals surface area contributed by atoms with Gasteiger partial charge >= 0.3 is 12.1 Å². The molecule has 0 spiro atoms. The number of nitrogens with zero attached hydrogens (tertiary/aromatic N) is 1. The summed E-state index contributed by atoms with van der Waals surface area (Å²) in [6.07, 6.45) is 0.981. The summed E-state index contributed by atoms with van der Waals surface area (Å²) in [5, 5.41) is 9.29. The molecule has 7 heteroatoms. The fourth-order valence-electron chi connectivity index (χ4n) is 3.86. The minimum atomic E-state index is -0.890. The standard InChI is InChI=1S/C23H26FNO5/c1-16(17-4-6-18(7-5-17)21(27)29-2)25-14-13-23(12-3-15-26,30-22(25)28)19-8-10-20(24)11-9-19/h4-11,16,26H,3,12-15H2,1-2H3/t16-,23+/m0/s1. The molecule has 160 valence electrons. The van der Waals surface area contributed by atoms with E-state index in [1.807, 2.05) is 6.92 Å². The molecule has 2 aromatic carbocycles. The summed E-state index contributed by atoms with van der Waals surface area (Å²) < 4.78 is 24.0. The lowest BCUT2D eigenvalue weighted by Gasteiger charge is -2.43. The molecule has 2 atom stereocenters. The molecule has 3 rings (SSSR count). The minimum Gasteiger partial charge on any atom is -0.465 e. The Morgan fingerprint density at radius 1 is 1.23 bits per heavy atom. The molecule has 0 bridgehead atoms. The van der Waals surface area contributed by atoms with Crippen molar-refractivity contribution in [2.45, 2.75) is 37.8 Å². The zero-order valence-electron chi connectivity index (χ0n) is 17.1. The average molecular weight is 415 g/mol. The number of aliphatic hydroxyl groups is 1. The fourth-order valence-corrected chi connectivity index (χ4v) is 3.86. The summed E-state index contributed by atoms with van der Waals surface area (Å²) in [7, 11) is 1.33. The van der Waals surface area contributed by atoms with E-state index < -0.39 is 17.7 Å². The van der Waals surface area contributed by atoms with E-state index in [2.05, 4.69) is 0 Å². The Balaban J connectivity index is 1.78. The fraction of sp³-hybridized carbons (Fsp3) is 0.391. The summed E-state index contributed by atoms with van der Waals surface area (Å²) in [4.78, 5) is 26.2. The van der Waals surface area contributed by atoms with Gasteiger partial charge in [-0.1, -0.05) is 24.3 Å². The number of hydrogen-bond acceptors (Lipinski definition) is 5. The first-order valence-electron chi connectivity index (χ1n) is 9.95. The van der Waals surface area contributed by atoms with Crippen molar-refractivity contribution in [1.82, 2.24) is 4.90 Å². The van der Waals surface area contributed by atoms with Crippen molar-refractivity contribution in [1.29, 1.82) is 0 Å². The number of carbonyl (C=O) groups is 2. The first-order chi connectivity index (χ1) is 14.4. The first-order valence-corrected chi connectivity index (χ1v) is 9.95. The molecule has 1 heterocycles. The van der Waals surface area contributed by atoms with Gasteiger partial charge in [0.25, 0.3) is 0 Å². The Morgan fingerprint density at radius 2 is 1.90 bits per heavy atom.